The van der Waals surface area contributed by atoms with Gasteiger partial charge in [-0.05, 0) is 18.6 Å². The Morgan fingerprint density at radius 1 is 1.00 bits per heavy atom. The third kappa shape index (κ3) is 7.78. The predicted octanol–water partition coefficient (Wildman–Crippen LogP) is 5.43. The summed E-state index contributed by atoms with van der Waals surface area (Å²) in [6, 6.07) is 3.15. The fourth-order valence-electron chi connectivity index (χ4n) is 2.22. The quantitative estimate of drug-likeness (QED) is 0.573. The van der Waals surface area contributed by atoms with Gasteiger partial charge in [0.1, 0.15) is 11.6 Å². The van der Waals surface area contributed by atoms with E-state index in [-0.39, 0.29) is 11.6 Å². The SMILES string of the molecule is CCCCCCCCCCC(=O)Nc1ccc(F)cc1F. The average molecular weight is 297 g/mol. The normalized spacial score (nSPS) is 10.6. The molecule has 0 unspecified atom stereocenters. The van der Waals surface area contributed by atoms with Crippen LogP contribution in [-0.4, -0.2) is 5.91 Å². The van der Waals surface area contributed by atoms with Gasteiger partial charge in [0.2, 0.25) is 5.91 Å². The molecule has 4 heteroatoms. The molecule has 0 spiro atoms. The summed E-state index contributed by atoms with van der Waals surface area (Å²) in [6.45, 7) is 2.20. The number of benzene rings is 1. The fourth-order valence-corrected chi connectivity index (χ4v) is 2.22. The molecule has 1 rings (SSSR count). The maximum absolute atomic E-state index is 13.3. The van der Waals surface area contributed by atoms with Crippen LogP contribution < -0.4 is 5.32 Å². The zero-order valence-electron chi connectivity index (χ0n) is 12.8. The summed E-state index contributed by atoms with van der Waals surface area (Å²) >= 11 is 0. The maximum Gasteiger partial charge on any atom is 0.224 e. The maximum atomic E-state index is 13.3. The smallest absolute Gasteiger partial charge is 0.224 e. The van der Waals surface area contributed by atoms with Crippen LogP contribution in [0.1, 0.15) is 64.7 Å². The van der Waals surface area contributed by atoms with Crippen LogP contribution in [0.4, 0.5) is 14.5 Å². The summed E-state index contributed by atoms with van der Waals surface area (Å²) in [5.74, 6) is -1.60. The van der Waals surface area contributed by atoms with Crippen molar-refractivity contribution in [1.82, 2.24) is 0 Å². The third-order valence-electron chi connectivity index (χ3n) is 3.46. The molecule has 1 amide bonds. The topological polar surface area (TPSA) is 29.1 Å². The van der Waals surface area contributed by atoms with Crippen LogP contribution in [-0.2, 0) is 4.79 Å². The second-order valence-corrected chi connectivity index (χ2v) is 5.40. The fraction of sp³-hybridized carbons (Fsp3) is 0.588. The summed E-state index contributed by atoms with van der Waals surface area (Å²) < 4.78 is 26.1. The van der Waals surface area contributed by atoms with E-state index in [0.29, 0.717) is 6.42 Å². The lowest BCUT2D eigenvalue weighted by Gasteiger charge is -2.06. The first-order valence-electron chi connectivity index (χ1n) is 7.88. The molecule has 0 radical (unpaired) electrons. The van der Waals surface area contributed by atoms with Gasteiger partial charge in [-0.25, -0.2) is 8.78 Å². The molecule has 0 saturated heterocycles. The van der Waals surface area contributed by atoms with Gasteiger partial charge in [-0.3, -0.25) is 4.79 Å². The highest BCUT2D eigenvalue weighted by Gasteiger charge is 2.07. The molecule has 0 heterocycles. The molecule has 0 saturated carbocycles. The number of amides is 1. The van der Waals surface area contributed by atoms with Crippen molar-refractivity contribution in [3.05, 3.63) is 29.8 Å². The molecular formula is C17H25F2NO. The molecule has 1 aromatic rings. The number of unbranched alkanes of at least 4 members (excludes halogenated alkanes) is 7. The Labute approximate surface area is 125 Å². The predicted molar refractivity (Wildman–Crippen MR) is 82.2 cm³/mol. The molecule has 0 aliphatic carbocycles. The Balaban J connectivity index is 2.11. The van der Waals surface area contributed by atoms with Crippen LogP contribution in [0.25, 0.3) is 0 Å². The molecule has 118 valence electrons. The van der Waals surface area contributed by atoms with Gasteiger partial charge in [-0.1, -0.05) is 51.9 Å². The highest BCUT2D eigenvalue weighted by atomic mass is 19.1. The second-order valence-electron chi connectivity index (χ2n) is 5.40. The third-order valence-corrected chi connectivity index (χ3v) is 3.46. The van der Waals surface area contributed by atoms with Gasteiger partial charge in [0.25, 0.3) is 0 Å². The average Bonchev–Trinajstić information content (AvgIpc) is 2.45. The largest absolute Gasteiger partial charge is 0.324 e. The second kappa shape index (κ2) is 10.3. The van der Waals surface area contributed by atoms with Gasteiger partial charge < -0.3 is 5.32 Å². The number of halogens is 2. The van der Waals surface area contributed by atoms with Crippen LogP contribution in [0.5, 0.6) is 0 Å². The Morgan fingerprint density at radius 2 is 1.62 bits per heavy atom. The Morgan fingerprint density at radius 3 is 2.24 bits per heavy atom. The molecule has 1 aromatic carbocycles. The number of hydrogen-bond donors (Lipinski definition) is 1. The number of anilines is 1. The van der Waals surface area contributed by atoms with Gasteiger partial charge in [0, 0.05) is 12.5 Å². The number of carbonyl (C=O) groups is 1. The van der Waals surface area contributed by atoms with Crippen molar-refractivity contribution in [3.8, 4) is 0 Å². The van der Waals surface area contributed by atoms with Gasteiger partial charge in [0.05, 0.1) is 5.69 Å². The standard InChI is InChI=1S/C17H25F2NO/c1-2-3-4-5-6-7-8-9-10-17(21)20-16-12-11-14(18)13-15(16)19/h11-13H,2-10H2,1H3,(H,20,21). The van der Waals surface area contributed by atoms with Gasteiger partial charge in [-0.15, -0.1) is 0 Å². The van der Waals surface area contributed by atoms with E-state index in [1.165, 1.54) is 38.2 Å². The van der Waals surface area contributed by atoms with Crippen molar-refractivity contribution in [2.75, 3.05) is 5.32 Å². The summed E-state index contributed by atoms with van der Waals surface area (Å²) in [7, 11) is 0. The summed E-state index contributed by atoms with van der Waals surface area (Å²) in [4.78, 5) is 11.7. The lowest BCUT2D eigenvalue weighted by molar-refractivity contribution is -0.116. The zero-order valence-corrected chi connectivity index (χ0v) is 12.8. The minimum atomic E-state index is -0.737. The summed E-state index contributed by atoms with van der Waals surface area (Å²) in [6.07, 6.45) is 9.67. The van der Waals surface area contributed by atoms with E-state index in [1.54, 1.807) is 0 Å². The monoisotopic (exact) mass is 297 g/mol. The molecule has 0 bridgehead atoms. The van der Waals surface area contributed by atoms with Crippen LogP contribution in [0, 0.1) is 11.6 Å². The van der Waals surface area contributed by atoms with Crippen molar-refractivity contribution in [2.45, 2.75) is 64.7 Å². The minimum absolute atomic E-state index is 0.0426. The molecule has 0 fully saturated rings. The van der Waals surface area contributed by atoms with E-state index in [9.17, 15) is 13.6 Å². The van der Waals surface area contributed by atoms with Gasteiger partial charge >= 0.3 is 0 Å². The van der Waals surface area contributed by atoms with Crippen molar-refractivity contribution < 1.29 is 13.6 Å². The molecule has 0 atom stereocenters. The number of rotatable bonds is 10. The van der Waals surface area contributed by atoms with Crippen molar-refractivity contribution in [1.29, 1.82) is 0 Å². The van der Waals surface area contributed by atoms with Gasteiger partial charge in [0.15, 0.2) is 0 Å². The van der Waals surface area contributed by atoms with Crippen molar-refractivity contribution in [3.63, 3.8) is 0 Å². The molecule has 2 nitrogen and oxygen atoms in total. The summed E-state index contributed by atoms with van der Waals surface area (Å²) in [5, 5.41) is 2.48. The Kier molecular flexibility index (Phi) is 8.63. The van der Waals surface area contributed by atoms with E-state index < -0.39 is 11.6 Å². The van der Waals surface area contributed by atoms with Crippen LogP contribution >= 0.6 is 0 Å². The molecule has 1 N–H and O–H groups in total. The van der Waals surface area contributed by atoms with E-state index in [4.69, 9.17) is 0 Å². The highest BCUT2D eigenvalue weighted by Crippen LogP contribution is 2.16. The Bertz CT molecular complexity index is 435. The van der Waals surface area contributed by atoms with Crippen LogP contribution in [0.15, 0.2) is 18.2 Å². The minimum Gasteiger partial charge on any atom is -0.324 e. The van der Waals surface area contributed by atoms with Crippen molar-refractivity contribution >= 4 is 11.6 Å². The van der Waals surface area contributed by atoms with E-state index in [0.717, 1.165) is 31.4 Å². The first-order chi connectivity index (χ1) is 10.1. The van der Waals surface area contributed by atoms with Gasteiger partial charge in [-0.2, -0.15) is 0 Å². The van der Waals surface area contributed by atoms with Crippen LogP contribution in [0.3, 0.4) is 0 Å². The van der Waals surface area contributed by atoms with E-state index in [1.807, 2.05) is 0 Å². The number of carbonyl (C=O) groups excluding carboxylic acids is 1. The first kappa shape index (κ1) is 17.6. The first-order valence-corrected chi connectivity index (χ1v) is 7.88. The molecular weight excluding hydrogens is 272 g/mol. The highest BCUT2D eigenvalue weighted by molar-refractivity contribution is 5.90. The Hall–Kier alpha value is -1.45. The zero-order chi connectivity index (χ0) is 15.5. The molecule has 0 aromatic heterocycles. The lowest BCUT2D eigenvalue weighted by Crippen LogP contribution is -2.12. The number of nitrogens with one attached hydrogen (secondary N) is 1. The van der Waals surface area contributed by atoms with E-state index >= 15 is 0 Å². The number of hydrogen-bond acceptors (Lipinski definition) is 1. The molecule has 21 heavy (non-hydrogen) atoms. The lowest BCUT2D eigenvalue weighted by atomic mass is 10.1. The van der Waals surface area contributed by atoms with Crippen LogP contribution in [0.2, 0.25) is 0 Å². The van der Waals surface area contributed by atoms with Crippen molar-refractivity contribution in [2.24, 2.45) is 0 Å². The summed E-state index contributed by atoms with van der Waals surface area (Å²) in [5.41, 5.74) is 0.0426. The molecule has 0 aliphatic heterocycles. The molecule has 0 aliphatic rings. The van der Waals surface area contributed by atoms with E-state index in [2.05, 4.69) is 12.2 Å².